The number of aryl methyl sites for hydroxylation is 1. The third kappa shape index (κ3) is 2.83. The summed E-state index contributed by atoms with van der Waals surface area (Å²) in [5.41, 5.74) is 0.824. The van der Waals surface area contributed by atoms with Gasteiger partial charge in [0.25, 0.3) is 0 Å². The number of hydrogen-bond donors (Lipinski definition) is 0. The zero-order valence-corrected chi connectivity index (χ0v) is 12.5. The maximum atomic E-state index is 12.4. The lowest BCUT2D eigenvalue weighted by Gasteiger charge is -2.17. The van der Waals surface area contributed by atoms with E-state index < -0.39 is 10.0 Å². The van der Waals surface area contributed by atoms with Crippen molar-refractivity contribution in [1.29, 1.82) is 0 Å². The molecule has 1 heterocycles. The Morgan fingerprint density at radius 1 is 1.25 bits per heavy atom. The molecular formula is C13H17N3O3S. The normalized spacial score (nSPS) is 11.8. The molecule has 1 aromatic heterocycles. The molecule has 0 saturated heterocycles. The summed E-state index contributed by atoms with van der Waals surface area (Å²) in [6, 6.07) is 8.12. The number of sulfonamides is 1. The highest BCUT2D eigenvalue weighted by atomic mass is 32.2. The number of aromatic nitrogens is 2. The summed E-state index contributed by atoms with van der Waals surface area (Å²) in [5, 5.41) is 4.03. The van der Waals surface area contributed by atoms with Crippen molar-refractivity contribution in [3.05, 3.63) is 42.2 Å². The minimum absolute atomic E-state index is 0.239. The average Bonchev–Trinajstić information content (AvgIpc) is 2.84. The van der Waals surface area contributed by atoms with Gasteiger partial charge in [-0.15, -0.1) is 0 Å². The summed E-state index contributed by atoms with van der Waals surface area (Å²) >= 11 is 0. The van der Waals surface area contributed by atoms with Gasteiger partial charge in [0.2, 0.25) is 10.0 Å². The van der Waals surface area contributed by atoms with Gasteiger partial charge in [-0.2, -0.15) is 9.40 Å². The lowest BCUT2D eigenvalue weighted by Crippen LogP contribution is -2.27. The topological polar surface area (TPSA) is 64.4 Å². The van der Waals surface area contributed by atoms with Crippen LogP contribution in [0.5, 0.6) is 5.75 Å². The lowest BCUT2D eigenvalue weighted by atomic mass is 10.3. The predicted molar refractivity (Wildman–Crippen MR) is 74.9 cm³/mol. The van der Waals surface area contributed by atoms with Gasteiger partial charge in [-0.3, -0.25) is 4.68 Å². The zero-order chi connectivity index (χ0) is 14.8. The number of methoxy groups -OCH3 is 1. The monoisotopic (exact) mass is 295 g/mol. The van der Waals surface area contributed by atoms with Crippen molar-refractivity contribution in [2.75, 3.05) is 14.2 Å². The fraction of sp³-hybridized carbons (Fsp3) is 0.308. The number of ether oxygens (including phenoxy) is 1. The molecule has 0 saturated carbocycles. The largest absolute Gasteiger partial charge is 0.497 e. The van der Waals surface area contributed by atoms with Crippen molar-refractivity contribution in [3.63, 3.8) is 0 Å². The summed E-state index contributed by atoms with van der Waals surface area (Å²) in [6.45, 7) is 0.269. The molecule has 108 valence electrons. The highest BCUT2D eigenvalue weighted by Crippen LogP contribution is 2.19. The van der Waals surface area contributed by atoms with Crippen LogP contribution in [0.4, 0.5) is 0 Å². The molecule has 0 amide bonds. The van der Waals surface area contributed by atoms with Gasteiger partial charge in [0.1, 0.15) is 5.75 Å². The predicted octanol–water partition coefficient (Wildman–Crippen LogP) is 1.25. The van der Waals surface area contributed by atoms with Gasteiger partial charge in [-0.1, -0.05) is 0 Å². The van der Waals surface area contributed by atoms with Crippen LogP contribution in [0, 0.1) is 0 Å². The van der Waals surface area contributed by atoms with Crippen LogP contribution in [0.25, 0.3) is 0 Å². The van der Waals surface area contributed by atoms with Crippen LogP contribution in [0.2, 0.25) is 0 Å². The lowest BCUT2D eigenvalue weighted by molar-refractivity contribution is 0.414. The summed E-state index contributed by atoms with van der Waals surface area (Å²) in [6.07, 6.45) is 1.64. The van der Waals surface area contributed by atoms with E-state index in [4.69, 9.17) is 4.74 Å². The molecule has 0 aliphatic carbocycles. The number of benzene rings is 1. The molecule has 2 rings (SSSR count). The number of rotatable bonds is 5. The Morgan fingerprint density at radius 2 is 1.90 bits per heavy atom. The molecule has 0 unspecified atom stereocenters. The van der Waals surface area contributed by atoms with Gasteiger partial charge in [0, 0.05) is 20.3 Å². The number of hydrogen-bond acceptors (Lipinski definition) is 4. The van der Waals surface area contributed by atoms with E-state index in [1.807, 2.05) is 0 Å². The highest BCUT2D eigenvalue weighted by Gasteiger charge is 2.21. The minimum Gasteiger partial charge on any atom is -0.497 e. The van der Waals surface area contributed by atoms with E-state index in [0.29, 0.717) is 5.75 Å². The molecule has 0 aliphatic heterocycles. The fourth-order valence-corrected chi connectivity index (χ4v) is 2.94. The molecular weight excluding hydrogens is 278 g/mol. The van der Waals surface area contributed by atoms with Gasteiger partial charge < -0.3 is 4.74 Å². The van der Waals surface area contributed by atoms with Crippen LogP contribution in [0.1, 0.15) is 5.69 Å². The second-order valence-corrected chi connectivity index (χ2v) is 6.43. The standard InChI is InChI=1S/C13H17N3O3S/c1-15(10-11-8-9-14-16(11)2)20(17,18)13-6-4-12(19-3)5-7-13/h4-9H,10H2,1-3H3. The van der Waals surface area contributed by atoms with Crippen LogP contribution in [0.3, 0.4) is 0 Å². The van der Waals surface area contributed by atoms with Crippen molar-refractivity contribution < 1.29 is 13.2 Å². The molecule has 0 fully saturated rings. The first-order valence-electron chi connectivity index (χ1n) is 6.02. The van der Waals surface area contributed by atoms with Gasteiger partial charge in [-0.25, -0.2) is 8.42 Å². The summed E-state index contributed by atoms with van der Waals surface area (Å²) in [5.74, 6) is 0.623. The van der Waals surface area contributed by atoms with Gasteiger partial charge in [0.15, 0.2) is 0 Å². The second kappa shape index (κ2) is 5.64. The molecule has 1 aromatic carbocycles. The second-order valence-electron chi connectivity index (χ2n) is 4.38. The average molecular weight is 295 g/mol. The molecule has 0 bridgehead atoms. The zero-order valence-electron chi connectivity index (χ0n) is 11.6. The number of nitrogens with zero attached hydrogens (tertiary/aromatic N) is 3. The Bertz CT molecular complexity index is 677. The van der Waals surface area contributed by atoms with Crippen molar-refractivity contribution >= 4 is 10.0 Å². The molecule has 0 N–H and O–H groups in total. The molecule has 6 nitrogen and oxygen atoms in total. The van der Waals surface area contributed by atoms with Crippen LogP contribution in [-0.2, 0) is 23.6 Å². The maximum Gasteiger partial charge on any atom is 0.243 e. The summed E-state index contributed by atoms with van der Waals surface area (Å²) in [7, 11) is 1.35. The summed E-state index contributed by atoms with van der Waals surface area (Å²) in [4.78, 5) is 0.239. The van der Waals surface area contributed by atoms with E-state index in [2.05, 4.69) is 5.10 Å². The fourth-order valence-electron chi connectivity index (χ4n) is 1.80. The van der Waals surface area contributed by atoms with Crippen molar-refractivity contribution in [2.45, 2.75) is 11.4 Å². The Balaban J connectivity index is 2.22. The smallest absolute Gasteiger partial charge is 0.243 e. The van der Waals surface area contributed by atoms with Crippen LogP contribution < -0.4 is 4.74 Å². The third-order valence-corrected chi connectivity index (χ3v) is 4.89. The van der Waals surface area contributed by atoms with E-state index in [9.17, 15) is 8.42 Å². The molecule has 2 aromatic rings. The molecule has 0 spiro atoms. The quantitative estimate of drug-likeness (QED) is 0.833. The van der Waals surface area contributed by atoms with Crippen LogP contribution in [-0.4, -0.2) is 36.7 Å². The van der Waals surface area contributed by atoms with Crippen molar-refractivity contribution in [1.82, 2.24) is 14.1 Å². The van der Waals surface area contributed by atoms with Crippen molar-refractivity contribution in [2.24, 2.45) is 7.05 Å². The Labute approximate surface area is 118 Å². The van der Waals surface area contributed by atoms with Gasteiger partial charge in [0.05, 0.1) is 24.2 Å². The third-order valence-electron chi connectivity index (χ3n) is 3.07. The van der Waals surface area contributed by atoms with Crippen LogP contribution in [0.15, 0.2) is 41.4 Å². The van der Waals surface area contributed by atoms with Crippen molar-refractivity contribution in [3.8, 4) is 5.75 Å². The van der Waals surface area contributed by atoms with E-state index in [0.717, 1.165) is 5.69 Å². The molecule has 0 atom stereocenters. The SMILES string of the molecule is COc1ccc(S(=O)(=O)N(C)Cc2ccnn2C)cc1. The Hall–Kier alpha value is -1.86. The molecule has 20 heavy (non-hydrogen) atoms. The van der Waals surface area contributed by atoms with Crippen LogP contribution >= 0.6 is 0 Å². The first-order valence-corrected chi connectivity index (χ1v) is 7.46. The summed E-state index contributed by atoms with van der Waals surface area (Å²) < 4.78 is 32.8. The first kappa shape index (κ1) is 14.5. The minimum atomic E-state index is -3.52. The van der Waals surface area contributed by atoms with E-state index in [1.54, 1.807) is 43.2 Å². The first-order chi connectivity index (χ1) is 9.45. The Morgan fingerprint density at radius 3 is 2.40 bits per heavy atom. The molecule has 0 aliphatic rings. The Kier molecular flexibility index (Phi) is 4.10. The van der Waals surface area contributed by atoms with E-state index in [-0.39, 0.29) is 11.4 Å². The van der Waals surface area contributed by atoms with E-state index >= 15 is 0 Å². The van der Waals surface area contributed by atoms with E-state index in [1.165, 1.54) is 23.5 Å². The highest BCUT2D eigenvalue weighted by molar-refractivity contribution is 7.89. The maximum absolute atomic E-state index is 12.4. The molecule has 7 heteroatoms. The van der Waals surface area contributed by atoms with Gasteiger partial charge in [-0.05, 0) is 30.3 Å². The van der Waals surface area contributed by atoms with Gasteiger partial charge >= 0.3 is 0 Å². The molecule has 0 radical (unpaired) electrons.